The Kier molecular flexibility index (Phi) is 5.13. The molecule has 1 aliphatic rings. The quantitative estimate of drug-likeness (QED) is 0.354. The van der Waals surface area contributed by atoms with Gasteiger partial charge in [0.1, 0.15) is 5.84 Å². The Morgan fingerprint density at radius 2 is 2.24 bits per heavy atom. The predicted octanol–water partition coefficient (Wildman–Crippen LogP) is 2.25. The molecule has 1 aromatic rings. The summed E-state index contributed by atoms with van der Waals surface area (Å²) >= 11 is 9.11. The van der Waals surface area contributed by atoms with Crippen LogP contribution in [-0.4, -0.2) is 36.9 Å². The number of piperidine rings is 1. The summed E-state index contributed by atoms with van der Waals surface area (Å²) in [5.74, 6) is -0.207. The van der Waals surface area contributed by atoms with E-state index in [9.17, 15) is 8.42 Å². The van der Waals surface area contributed by atoms with E-state index < -0.39 is 10.0 Å². The number of rotatable bonds is 3. The van der Waals surface area contributed by atoms with Crippen LogP contribution >= 0.6 is 27.5 Å². The van der Waals surface area contributed by atoms with Crippen molar-refractivity contribution in [2.24, 2.45) is 16.8 Å². The second-order valence-electron chi connectivity index (χ2n) is 4.80. The molecule has 1 unspecified atom stereocenters. The summed E-state index contributed by atoms with van der Waals surface area (Å²) in [6.07, 6.45) is 1.36. The minimum Gasteiger partial charge on any atom is -0.409 e. The lowest BCUT2D eigenvalue weighted by Crippen LogP contribution is -2.44. The number of sulfonamides is 1. The van der Waals surface area contributed by atoms with Crippen molar-refractivity contribution in [3.63, 3.8) is 0 Å². The van der Waals surface area contributed by atoms with Gasteiger partial charge in [-0.05, 0) is 47.0 Å². The number of halogens is 2. The Bertz CT molecular complexity index is 666. The first kappa shape index (κ1) is 16.5. The molecule has 9 heteroatoms. The maximum absolute atomic E-state index is 12.6. The van der Waals surface area contributed by atoms with Gasteiger partial charge < -0.3 is 10.9 Å². The van der Waals surface area contributed by atoms with E-state index >= 15 is 0 Å². The molecule has 1 aromatic carbocycles. The first-order valence-electron chi connectivity index (χ1n) is 6.29. The molecule has 0 saturated carbocycles. The first-order valence-corrected chi connectivity index (χ1v) is 8.90. The minimum atomic E-state index is -3.62. The van der Waals surface area contributed by atoms with Gasteiger partial charge in [0.15, 0.2) is 0 Å². The van der Waals surface area contributed by atoms with Gasteiger partial charge in [-0.2, -0.15) is 4.31 Å². The second kappa shape index (κ2) is 6.51. The monoisotopic (exact) mass is 395 g/mol. The van der Waals surface area contributed by atoms with Crippen LogP contribution in [0.5, 0.6) is 0 Å². The highest BCUT2D eigenvalue weighted by Crippen LogP contribution is 2.29. The maximum Gasteiger partial charge on any atom is 0.243 e. The molecule has 0 aliphatic carbocycles. The second-order valence-corrected chi connectivity index (χ2v) is 8.00. The Morgan fingerprint density at radius 3 is 2.86 bits per heavy atom. The molecule has 1 atom stereocenters. The van der Waals surface area contributed by atoms with E-state index in [1.165, 1.54) is 22.5 Å². The van der Waals surface area contributed by atoms with Crippen LogP contribution in [0.4, 0.5) is 0 Å². The van der Waals surface area contributed by atoms with Crippen LogP contribution in [0.2, 0.25) is 5.02 Å². The van der Waals surface area contributed by atoms with Gasteiger partial charge >= 0.3 is 0 Å². The average molecular weight is 397 g/mol. The molecule has 0 amide bonds. The summed E-state index contributed by atoms with van der Waals surface area (Å²) < 4.78 is 27.1. The summed E-state index contributed by atoms with van der Waals surface area (Å²) in [6.45, 7) is 0.621. The zero-order chi connectivity index (χ0) is 15.6. The Hall–Kier alpha value is -0.830. The Labute approximate surface area is 136 Å². The Morgan fingerprint density at radius 1 is 1.52 bits per heavy atom. The number of nitrogens with zero attached hydrogens (tertiary/aromatic N) is 2. The smallest absolute Gasteiger partial charge is 0.243 e. The van der Waals surface area contributed by atoms with E-state index in [0.717, 1.165) is 0 Å². The third kappa shape index (κ3) is 3.50. The summed E-state index contributed by atoms with van der Waals surface area (Å²) in [5, 5.41) is 12.2. The van der Waals surface area contributed by atoms with Gasteiger partial charge in [-0.25, -0.2) is 8.42 Å². The van der Waals surface area contributed by atoms with Gasteiger partial charge in [-0.3, -0.25) is 0 Å². The number of benzene rings is 1. The molecule has 1 saturated heterocycles. The Balaban J connectivity index is 2.28. The lowest BCUT2D eigenvalue weighted by atomic mass is 9.99. The van der Waals surface area contributed by atoms with Gasteiger partial charge in [-0.15, -0.1) is 0 Å². The van der Waals surface area contributed by atoms with Crippen molar-refractivity contribution >= 4 is 43.4 Å². The van der Waals surface area contributed by atoms with Crippen LogP contribution in [0.3, 0.4) is 0 Å². The lowest BCUT2D eigenvalue weighted by molar-refractivity contribution is 0.287. The van der Waals surface area contributed by atoms with E-state index in [-0.39, 0.29) is 23.2 Å². The fourth-order valence-electron chi connectivity index (χ4n) is 2.27. The largest absolute Gasteiger partial charge is 0.409 e. The van der Waals surface area contributed by atoms with Gasteiger partial charge in [0, 0.05) is 23.5 Å². The summed E-state index contributed by atoms with van der Waals surface area (Å²) in [4.78, 5) is 0.166. The molecule has 1 aliphatic heterocycles. The van der Waals surface area contributed by atoms with Crippen molar-refractivity contribution in [2.75, 3.05) is 13.1 Å². The number of hydrogen-bond donors (Lipinski definition) is 2. The van der Waals surface area contributed by atoms with Crippen LogP contribution < -0.4 is 5.73 Å². The summed E-state index contributed by atoms with van der Waals surface area (Å²) in [5.41, 5.74) is 5.59. The van der Waals surface area contributed by atoms with E-state index in [4.69, 9.17) is 22.5 Å². The van der Waals surface area contributed by atoms with Crippen molar-refractivity contribution in [2.45, 2.75) is 17.7 Å². The third-order valence-electron chi connectivity index (χ3n) is 3.45. The summed E-state index contributed by atoms with van der Waals surface area (Å²) in [7, 11) is -3.62. The maximum atomic E-state index is 12.6. The molecule has 21 heavy (non-hydrogen) atoms. The van der Waals surface area contributed by atoms with Crippen molar-refractivity contribution in [1.82, 2.24) is 4.31 Å². The highest BCUT2D eigenvalue weighted by Gasteiger charge is 2.32. The first-order chi connectivity index (χ1) is 9.86. The van der Waals surface area contributed by atoms with Gasteiger partial charge in [0.05, 0.1) is 9.92 Å². The predicted molar refractivity (Wildman–Crippen MR) is 84.0 cm³/mol. The van der Waals surface area contributed by atoms with Gasteiger partial charge in [-0.1, -0.05) is 16.8 Å². The molecule has 1 fully saturated rings. The lowest BCUT2D eigenvalue weighted by Gasteiger charge is -2.31. The third-order valence-corrected chi connectivity index (χ3v) is 6.52. The molecule has 0 bridgehead atoms. The SMILES string of the molecule is N/C(=N/O)C1CCCN(S(=O)(=O)c2ccc(Cl)c(Br)c2)C1. The van der Waals surface area contributed by atoms with Crippen molar-refractivity contribution in [3.05, 3.63) is 27.7 Å². The number of nitrogens with two attached hydrogens (primary N) is 1. The molecule has 0 spiro atoms. The van der Waals surface area contributed by atoms with Crippen molar-refractivity contribution < 1.29 is 13.6 Å². The molecule has 6 nitrogen and oxygen atoms in total. The molecule has 3 N–H and O–H groups in total. The number of hydrogen-bond acceptors (Lipinski definition) is 4. The highest BCUT2D eigenvalue weighted by atomic mass is 79.9. The van der Waals surface area contributed by atoms with Gasteiger partial charge in [0.25, 0.3) is 0 Å². The molecule has 1 heterocycles. The zero-order valence-electron chi connectivity index (χ0n) is 11.0. The van der Waals surface area contributed by atoms with Crippen molar-refractivity contribution in [1.29, 1.82) is 0 Å². The van der Waals surface area contributed by atoms with Crippen LogP contribution in [-0.2, 0) is 10.0 Å². The van der Waals surface area contributed by atoms with Crippen LogP contribution in [0.25, 0.3) is 0 Å². The number of oxime groups is 1. The van der Waals surface area contributed by atoms with Crippen LogP contribution in [0.1, 0.15) is 12.8 Å². The molecule has 0 aromatic heterocycles. The molecular formula is C12H15BrClN3O3S. The highest BCUT2D eigenvalue weighted by molar-refractivity contribution is 9.10. The summed E-state index contributed by atoms with van der Waals surface area (Å²) in [6, 6.07) is 4.48. The minimum absolute atomic E-state index is 0.0622. The van der Waals surface area contributed by atoms with E-state index in [2.05, 4.69) is 21.1 Å². The fourth-order valence-corrected chi connectivity index (χ4v) is 4.47. The van der Waals surface area contributed by atoms with Crippen LogP contribution in [0, 0.1) is 5.92 Å². The van der Waals surface area contributed by atoms with Crippen LogP contribution in [0.15, 0.2) is 32.7 Å². The average Bonchev–Trinajstić information content (AvgIpc) is 2.49. The zero-order valence-corrected chi connectivity index (χ0v) is 14.2. The normalized spacial score (nSPS) is 21.4. The fraction of sp³-hybridized carbons (Fsp3) is 0.417. The van der Waals surface area contributed by atoms with E-state index in [1.54, 1.807) is 0 Å². The van der Waals surface area contributed by atoms with Gasteiger partial charge in [0.2, 0.25) is 10.0 Å². The van der Waals surface area contributed by atoms with E-state index in [1.807, 2.05) is 0 Å². The molecule has 0 radical (unpaired) electrons. The topological polar surface area (TPSA) is 96.0 Å². The van der Waals surface area contributed by atoms with Crippen molar-refractivity contribution in [3.8, 4) is 0 Å². The molecule has 2 rings (SSSR count). The molecule has 116 valence electrons. The molecular weight excluding hydrogens is 382 g/mol. The standard InChI is InChI=1S/C12H15BrClN3O3S/c13-10-6-9(3-4-11(10)14)21(19,20)17-5-1-2-8(7-17)12(15)16-18/h3-4,6,8,18H,1-2,5,7H2,(H2,15,16). The van der Waals surface area contributed by atoms with E-state index in [0.29, 0.717) is 28.9 Å². The number of amidine groups is 1.